The fraction of sp³-hybridized carbons (Fsp3) is 0.538. The van der Waals surface area contributed by atoms with Crippen LogP contribution in [0.3, 0.4) is 0 Å². The molecule has 0 spiro atoms. The number of carbonyl (C=O) groups is 1. The number of amides is 1. The second-order valence-corrected chi connectivity index (χ2v) is 5.43. The summed E-state index contributed by atoms with van der Waals surface area (Å²) in [5.74, 6) is 0.342. The van der Waals surface area contributed by atoms with Gasteiger partial charge in [-0.15, -0.1) is 0 Å². The van der Waals surface area contributed by atoms with Gasteiger partial charge < -0.3 is 10.6 Å². The fourth-order valence-electron chi connectivity index (χ4n) is 1.54. The molecular formula is C13H21N3O. The molecule has 1 rings (SSSR count). The summed E-state index contributed by atoms with van der Waals surface area (Å²) in [6.07, 6.45) is 1.55. The first-order valence-electron chi connectivity index (χ1n) is 5.72. The number of aromatic nitrogens is 1. The lowest BCUT2D eigenvalue weighted by atomic mass is 9.87. The lowest BCUT2D eigenvalue weighted by Gasteiger charge is -2.35. The Morgan fingerprint density at radius 3 is 2.53 bits per heavy atom. The topological polar surface area (TPSA) is 59.2 Å². The summed E-state index contributed by atoms with van der Waals surface area (Å²) in [7, 11) is 1.81. The summed E-state index contributed by atoms with van der Waals surface area (Å²) in [5, 5.41) is 0. The first-order chi connectivity index (χ1) is 7.73. The fourth-order valence-corrected chi connectivity index (χ4v) is 1.54. The number of nitrogens with two attached hydrogens (primary N) is 1. The third-order valence-electron chi connectivity index (χ3n) is 3.18. The Morgan fingerprint density at radius 2 is 2.06 bits per heavy atom. The van der Waals surface area contributed by atoms with Crippen molar-refractivity contribution in [2.75, 3.05) is 12.8 Å². The number of anilines is 1. The molecule has 1 atom stereocenters. The third kappa shape index (κ3) is 3.19. The number of hydrogen-bond donors (Lipinski definition) is 1. The average molecular weight is 235 g/mol. The van der Waals surface area contributed by atoms with Gasteiger partial charge in [-0.1, -0.05) is 20.8 Å². The molecule has 4 heteroatoms. The maximum Gasteiger partial charge on any atom is 0.254 e. The van der Waals surface area contributed by atoms with E-state index >= 15 is 0 Å². The molecule has 4 nitrogen and oxygen atoms in total. The van der Waals surface area contributed by atoms with Crippen LogP contribution in [0.25, 0.3) is 0 Å². The number of nitrogen functional groups attached to an aromatic ring is 1. The summed E-state index contributed by atoms with van der Waals surface area (Å²) >= 11 is 0. The van der Waals surface area contributed by atoms with E-state index in [0.29, 0.717) is 11.4 Å². The van der Waals surface area contributed by atoms with Crippen molar-refractivity contribution in [2.24, 2.45) is 5.41 Å². The summed E-state index contributed by atoms with van der Waals surface area (Å²) in [6.45, 7) is 8.38. The average Bonchev–Trinajstić information content (AvgIpc) is 2.25. The molecule has 0 aliphatic carbocycles. The van der Waals surface area contributed by atoms with E-state index in [-0.39, 0.29) is 17.4 Å². The summed E-state index contributed by atoms with van der Waals surface area (Å²) in [5.41, 5.74) is 6.20. The normalized spacial score (nSPS) is 13.2. The largest absolute Gasteiger partial charge is 0.384 e. The monoisotopic (exact) mass is 235 g/mol. The molecule has 17 heavy (non-hydrogen) atoms. The number of carbonyl (C=O) groups excluding carboxylic acids is 1. The molecule has 0 aliphatic rings. The SMILES string of the molecule is CC(N(C)C(=O)c1ccnc(N)c1)C(C)(C)C. The predicted octanol–water partition coefficient (Wildman–Crippen LogP) is 2.17. The number of pyridine rings is 1. The Morgan fingerprint density at radius 1 is 1.47 bits per heavy atom. The van der Waals surface area contributed by atoms with E-state index in [4.69, 9.17) is 5.73 Å². The first kappa shape index (κ1) is 13.5. The number of hydrogen-bond acceptors (Lipinski definition) is 3. The molecular weight excluding hydrogens is 214 g/mol. The van der Waals surface area contributed by atoms with E-state index in [1.54, 1.807) is 23.2 Å². The van der Waals surface area contributed by atoms with Gasteiger partial charge in [0.05, 0.1) is 0 Å². The van der Waals surface area contributed by atoms with E-state index in [0.717, 1.165) is 0 Å². The van der Waals surface area contributed by atoms with E-state index in [2.05, 4.69) is 25.8 Å². The van der Waals surface area contributed by atoms with Crippen LogP contribution in [0, 0.1) is 5.41 Å². The molecule has 1 unspecified atom stereocenters. The molecule has 1 aromatic rings. The Bertz CT molecular complexity index is 409. The van der Waals surface area contributed by atoms with Crippen LogP contribution in [0.5, 0.6) is 0 Å². The Labute approximate surface area is 103 Å². The van der Waals surface area contributed by atoms with E-state index < -0.39 is 0 Å². The van der Waals surface area contributed by atoms with Crippen molar-refractivity contribution < 1.29 is 4.79 Å². The standard InChI is InChI=1S/C13H21N3O/c1-9(13(2,3)4)16(5)12(17)10-6-7-15-11(14)8-10/h6-9H,1-5H3,(H2,14,15). The van der Waals surface area contributed by atoms with Gasteiger partial charge in [0.25, 0.3) is 5.91 Å². The molecule has 0 radical (unpaired) electrons. The molecule has 0 saturated carbocycles. The van der Waals surface area contributed by atoms with Gasteiger partial charge in [0.15, 0.2) is 0 Å². The van der Waals surface area contributed by atoms with Gasteiger partial charge in [-0.25, -0.2) is 4.98 Å². The smallest absolute Gasteiger partial charge is 0.254 e. The quantitative estimate of drug-likeness (QED) is 0.854. The van der Waals surface area contributed by atoms with Gasteiger partial charge in [-0.3, -0.25) is 4.79 Å². The van der Waals surface area contributed by atoms with Crippen molar-refractivity contribution in [1.82, 2.24) is 9.88 Å². The van der Waals surface area contributed by atoms with Crippen molar-refractivity contribution >= 4 is 11.7 Å². The lowest BCUT2D eigenvalue weighted by Crippen LogP contribution is -2.42. The zero-order chi connectivity index (χ0) is 13.2. The van der Waals surface area contributed by atoms with Crippen LogP contribution in [0.1, 0.15) is 38.1 Å². The van der Waals surface area contributed by atoms with Crippen molar-refractivity contribution in [2.45, 2.75) is 33.7 Å². The highest BCUT2D eigenvalue weighted by Gasteiger charge is 2.27. The zero-order valence-electron chi connectivity index (χ0n) is 11.2. The van der Waals surface area contributed by atoms with Crippen LogP contribution in [0.4, 0.5) is 5.82 Å². The minimum Gasteiger partial charge on any atom is -0.384 e. The highest BCUT2D eigenvalue weighted by molar-refractivity contribution is 5.94. The Balaban J connectivity index is 2.91. The zero-order valence-corrected chi connectivity index (χ0v) is 11.2. The van der Waals surface area contributed by atoms with Gasteiger partial charge >= 0.3 is 0 Å². The van der Waals surface area contributed by atoms with Gasteiger partial charge in [-0.05, 0) is 24.5 Å². The minimum atomic E-state index is -0.0264. The molecule has 0 bridgehead atoms. The Hall–Kier alpha value is -1.58. The lowest BCUT2D eigenvalue weighted by molar-refractivity contribution is 0.0629. The number of nitrogens with zero attached hydrogens (tertiary/aromatic N) is 2. The van der Waals surface area contributed by atoms with Crippen LogP contribution in [0.15, 0.2) is 18.3 Å². The molecule has 1 aromatic heterocycles. The Kier molecular flexibility index (Phi) is 3.76. The van der Waals surface area contributed by atoms with E-state index in [1.807, 2.05) is 14.0 Å². The maximum absolute atomic E-state index is 12.2. The second kappa shape index (κ2) is 4.73. The molecule has 0 saturated heterocycles. The van der Waals surface area contributed by atoms with Crippen LogP contribution in [0.2, 0.25) is 0 Å². The van der Waals surface area contributed by atoms with Crippen molar-refractivity contribution in [3.05, 3.63) is 23.9 Å². The van der Waals surface area contributed by atoms with Gasteiger partial charge in [0, 0.05) is 24.8 Å². The molecule has 94 valence electrons. The van der Waals surface area contributed by atoms with Crippen molar-refractivity contribution in [3.63, 3.8) is 0 Å². The van der Waals surface area contributed by atoms with Crippen LogP contribution < -0.4 is 5.73 Å². The van der Waals surface area contributed by atoms with Crippen LogP contribution in [-0.2, 0) is 0 Å². The van der Waals surface area contributed by atoms with Crippen molar-refractivity contribution in [1.29, 1.82) is 0 Å². The van der Waals surface area contributed by atoms with E-state index in [9.17, 15) is 4.79 Å². The number of rotatable bonds is 2. The molecule has 1 amide bonds. The second-order valence-electron chi connectivity index (χ2n) is 5.43. The molecule has 0 aliphatic heterocycles. The summed E-state index contributed by atoms with van der Waals surface area (Å²) in [6, 6.07) is 3.43. The van der Waals surface area contributed by atoms with Gasteiger partial charge in [0.2, 0.25) is 0 Å². The molecule has 0 aromatic carbocycles. The maximum atomic E-state index is 12.2. The minimum absolute atomic E-state index is 0.0264. The van der Waals surface area contributed by atoms with E-state index in [1.165, 1.54) is 0 Å². The molecule has 1 heterocycles. The van der Waals surface area contributed by atoms with Crippen LogP contribution in [-0.4, -0.2) is 28.9 Å². The van der Waals surface area contributed by atoms with Crippen LogP contribution >= 0.6 is 0 Å². The van der Waals surface area contributed by atoms with Gasteiger partial charge in [-0.2, -0.15) is 0 Å². The highest BCUT2D eigenvalue weighted by atomic mass is 16.2. The molecule has 2 N–H and O–H groups in total. The van der Waals surface area contributed by atoms with Crippen molar-refractivity contribution in [3.8, 4) is 0 Å². The first-order valence-corrected chi connectivity index (χ1v) is 5.72. The summed E-state index contributed by atoms with van der Waals surface area (Å²) in [4.78, 5) is 17.9. The summed E-state index contributed by atoms with van der Waals surface area (Å²) < 4.78 is 0. The van der Waals surface area contributed by atoms with Gasteiger partial charge in [0.1, 0.15) is 5.82 Å². The predicted molar refractivity (Wildman–Crippen MR) is 69.7 cm³/mol. The highest BCUT2D eigenvalue weighted by Crippen LogP contribution is 2.24. The third-order valence-corrected chi connectivity index (χ3v) is 3.18. The molecule has 0 fully saturated rings.